The molecule has 0 aromatic heterocycles. The fraction of sp³-hybridized carbons (Fsp3) is 0.511. The maximum atomic E-state index is 16.6. The first-order valence-electron chi connectivity index (χ1n) is 44.6. The Kier molecular flexibility index (Phi) is 33.3. The Labute approximate surface area is 767 Å². The van der Waals surface area contributed by atoms with Crippen molar-refractivity contribution in [2.24, 2.45) is 23.5 Å². The predicted molar refractivity (Wildman–Crippen MR) is 476 cm³/mol. The molecule has 11 bridgehead atoms. The molecule has 6 aromatic carbocycles. The number of fused-ring (bicyclic) bond motifs is 16. The number of carbonyl (C=O) groups is 10. The Morgan fingerprint density at radius 2 is 1.34 bits per heavy atom. The van der Waals surface area contributed by atoms with Gasteiger partial charge in [-0.15, -0.1) is 0 Å². The van der Waals surface area contributed by atoms with Gasteiger partial charge in [-0.1, -0.05) is 121 Å². The van der Waals surface area contributed by atoms with Crippen LogP contribution in [0.15, 0.2) is 91.0 Å². The number of ether oxygens (including phenoxy) is 7. The number of anilines is 1. The number of aliphatic hydroxyl groups excluding tert-OH is 5. The number of aliphatic hydroxyl groups is 5. The quantitative estimate of drug-likeness (QED) is 0.0180. The number of nitrogens with two attached hydrogens (primary N) is 1. The molecule has 3 saturated heterocycles. The van der Waals surface area contributed by atoms with E-state index < -0.39 is 256 Å². The monoisotopic (exact) mass is 1860 g/mol. The average molecular weight is 1860 g/mol. The Morgan fingerprint density at radius 1 is 0.679 bits per heavy atom. The third-order valence-electron chi connectivity index (χ3n) is 24.9. The van der Waals surface area contributed by atoms with Crippen LogP contribution in [0.4, 0.5) is 15.3 Å². The molecule has 708 valence electrons. The van der Waals surface area contributed by atoms with E-state index in [9.17, 15) is 69.9 Å². The highest BCUT2D eigenvalue weighted by molar-refractivity contribution is 6.32. The number of hydrogen-bond acceptors (Lipinski definition) is 26. The number of nitrogens with one attached hydrogen (secondary N) is 8. The van der Waals surface area contributed by atoms with Gasteiger partial charge in [-0.05, 0) is 178 Å². The number of rotatable bonds is 31. The molecule has 0 unspecified atom stereocenters. The van der Waals surface area contributed by atoms with Crippen molar-refractivity contribution in [2.75, 3.05) is 25.0 Å². The lowest BCUT2D eigenvalue weighted by Gasteiger charge is -2.46. The molecule has 0 saturated carbocycles. The summed E-state index contributed by atoms with van der Waals surface area (Å²) in [7, 11) is 0. The first kappa shape index (κ1) is 99.1. The maximum Gasteiger partial charge on any atom is 0.408 e. The van der Waals surface area contributed by atoms with Gasteiger partial charge >= 0.3 is 18.1 Å². The highest BCUT2D eigenvalue weighted by Gasteiger charge is 2.56. The molecular weight excluding hydrogens is 1740 g/mol. The van der Waals surface area contributed by atoms with Crippen molar-refractivity contribution in [3.63, 3.8) is 0 Å². The van der Waals surface area contributed by atoms with E-state index in [0.29, 0.717) is 24.9 Å². The fourth-order valence-electron chi connectivity index (χ4n) is 17.8. The fourth-order valence-corrected chi connectivity index (χ4v) is 18.3. The summed E-state index contributed by atoms with van der Waals surface area (Å²) in [4.78, 5) is 147. The lowest BCUT2D eigenvalue weighted by Crippen LogP contribution is -2.63. The van der Waals surface area contributed by atoms with Crippen LogP contribution >= 0.6 is 23.2 Å². The number of Topliss-reactive ketones (excluding diaryl/α,β-unsaturated/α-hetero) is 2. The number of amides is 8. The minimum absolute atomic E-state index is 0.0342. The summed E-state index contributed by atoms with van der Waals surface area (Å²) in [5, 5.41) is 129. The van der Waals surface area contributed by atoms with E-state index in [1.165, 1.54) is 41.8 Å². The van der Waals surface area contributed by atoms with Gasteiger partial charge in [-0.3, -0.25) is 33.6 Å². The van der Waals surface area contributed by atoms with Crippen molar-refractivity contribution in [2.45, 2.75) is 268 Å². The third kappa shape index (κ3) is 23.6. The smallest absolute Gasteiger partial charge is 0.408 e. The van der Waals surface area contributed by atoms with E-state index in [0.717, 1.165) is 106 Å². The largest absolute Gasteiger partial charge is 0.507 e. The van der Waals surface area contributed by atoms with Gasteiger partial charge in [0.15, 0.2) is 47.6 Å². The number of urea groups is 1. The van der Waals surface area contributed by atoms with Crippen LogP contribution in [-0.2, 0) is 76.7 Å². The number of carboxylic acids is 1. The van der Waals surface area contributed by atoms with Crippen LogP contribution < -0.4 is 62.5 Å². The number of unbranched alkanes of at least 4 members (excludes halogenated alkanes) is 7. The highest BCUT2D eigenvalue weighted by Crippen LogP contribution is 2.52. The number of carbonyl (C=O) groups excluding carboxylic acids is 9. The van der Waals surface area contributed by atoms with Gasteiger partial charge < -0.3 is 127 Å². The van der Waals surface area contributed by atoms with E-state index in [4.69, 9.17) is 62.1 Å². The summed E-state index contributed by atoms with van der Waals surface area (Å²) in [6, 6.07) is 10.4. The summed E-state index contributed by atoms with van der Waals surface area (Å²) in [5.74, 6) is -19.3. The van der Waals surface area contributed by atoms with Crippen molar-refractivity contribution >= 4 is 88.1 Å². The summed E-state index contributed by atoms with van der Waals surface area (Å²) in [6.07, 6.45) is -8.64. The number of benzene rings is 6. The van der Waals surface area contributed by atoms with Gasteiger partial charge in [0, 0.05) is 67.1 Å². The number of halogens is 2. The molecule has 8 amide bonds. The molecule has 8 aliphatic rings. The van der Waals surface area contributed by atoms with Crippen molar-refractivity contribution in [1.82, 2.24) is 37.2 Å². The second-order valence-corrected chi connectivity index (χ2v) is 35.9. The Morgan fingerprint density at radius 3 is 1.97 bits per heavy atom. The summed E-state index contributed by atoms with van der Waals surface area (Å²) in [5.41, 5.74) is 5.07. The molecule has 8 aliphatic heterocycles. The zero-order valence-electron chi connectivity index (χ0n) is 73.9. The van der Waals surface area contributed by atoms with Crippen molar-refractivity contribution in [3.8, 4) is 57.1 Å². The third-order valence-corrected chi connectivity index (χ3v) is 25.5. The molecule has 0 radical (unpaired) electrons. The van der Waals surface area contributed by atoms with E-state index in [-0.39, 0.29) is 77.2 Å². The topological polar surface area (TPSA) is 540 Å². The highest BCUT2D eigenvalue weighted by atomic mass is 35.5. The Bertz CT molecular complexity index is 5220. The molecule has 0 aliphatic carbocycles. The molecule has 14 rings (SSSR count). The van der Waals surface area contributed by atoms with Gasteiger partial charge in [0.1, 0.15) is 77.4 Å². The van der Waals surface area contributed by atoms with E-state index in [1.807, 2.05) is 26.0 Å². The van der Waals surface area contributed by atoms with Crippen molar-refractivity contribution in [1.29, 1.82) is 0 Å². The van der Waals surface area contributed by atoms with Gasteiger partial charge in [0.25, 0.3) is 0 Å². The molecule has 35 nitrogen and oxygen atoms in total. The Balaban J connectivity index is 0.959. The number of alkyl carbamates (subject to hydrolysis) is 1. The first-order chi connectivity index (χ1) is 62.5. The maximum absolute atomic E-state index is 16.6. The lowest BCUT2D eigenvalue weighted by atomic mass is 9.84. The summed E-state index contributed by atoms with van der Waals surface area (Å²) in [6.45, 7) is 12.2. The molecule has 18 atom stereocenters. The lowest BCUT2D eigenvalue weighted by molar-refractivity contribution is -0.332. The average Bonchev–Trinajstić information content (AvgIpc) is 1.47. The van der Waals surface area contributed by atoms with Gasteiger partial charge in [-0.25, -0.2) is 14.4 Å². The zero-order chi connectivity index (χ0) is 94.6. The number of hydrogen-bond donors (Lipinski definition) is 18. The Hall–Kier alpha value is -11.0. The molecule has 19 N–H and O–H groups in total. The van der Waals surface area contributed by atoms with Crippen LogP contribution in [0.3, 0.4) is 0 Å². The number of aryl methyl sites for hydroxylation is 2. The predicted octanol–water partition coefficient (Wildman–Crippen LogP) is 10.2. The minimum atomic E-state index is -2.31. The van der Waals surface area contributed by atoms with Crippen LogP contribution in [0, 0.1) is 17.8 Å². The van der Waals surface area contributed by atoms with Gasteiger partial charge in [0.2, 0.25) is 41.6 Å². The second kappa shape index (κ2) is 44.1. The zero-order valence-corrected chi connectivity index (χ0v) is 75.4. The van der Waals surface area contributed by atoms with E-state index in [2.05, 4.69) is 62.4 Å². The van der Waals surface area contributed by atoms with Crippen LogP contribution in [0.25, 0.3) is 11.1 Å². The van der Waals surface area contributed by atoms with Crippen LogP contribution in [-0.4, -0.2) is 192 Å². The van der Waals surface area contributed by atoms with E-state index in [1.54, 1.807) is 20.8 Å². The SMILES string of the molecule is CCCCCCc1ccc(NC(=O)NCCCCNCc2c(O)cc3c(c2O)-c2cc(ccc2O)[C@H]2CC(=O)[C@@H]4NC(=O)[C@H](CC(N)=O)CC(=O)[C@H](NC(=O)[C@H](CC)CC(C)C)[C@H](O)c5ccc(c(Cl)c5)Oc5cc4cc(c5O[C@@H]4O[C@H](CO)[C@@H](O)[C@H](O)[C@H]4O[C@H]4C[C@]5(C)NC(=O)O[C@@H]5[C@H](C)O4)Oc4ccc(cc4Cl)[C@@H](O)[C@H](NC2=O)C(=O)N[C@@H]3C(=O)O)cc1CCCCCC. The molecular formula is C94H117Cl2N9O26. The number of aromatic hydroxyl groups is 3. The van der Waals surface area contributed by atoms with Crippen molar-refractivity contribution < 1.29 is 127 Å². The van der Waals surface area contributed by atoms with Crippen LogP contribution in [0.5, 0.6) is 46.0 Å². The normalized spacial score (nSPS) is 25.8. The number of primary amides is 1. The number of carboxylic acid groups (broad SMARTS) is 1. The number of ketones is 2. The standard InChI is InChI=1S/C94H117Cl2N9O26/c1-8-11-13-15-19-48-21-25-55(32-49(48)20-16-14-12-9-2)100-92(123)99-30-18-17-29-98-43-59-63(108)41-58-73(80(59)114)57-33-50(22-26-62(57)107)56-40-65(110)74-53-37-68(126-66-27-23-51(34-60(66)95)78(112)76(103-86(117)47(10-3)31-45(4)5)64(109)36-54(39-71(97)111)87(118)101-74)83(69(38-53)127-67-28-24-52(35-61(67)96)79(113)77(104-88(56)119)89(120)102-75(58)90(121)122)130-91-84(82(116)81(115)70(44-106)128-91)129-72-42-94(7)85(46(6)125-72)131-93(124)105-94/h21-28,32-35,37-38,41,45-47,54,56,70,72,74-79,81-82,84-85,91,98,106-108,112-116H,8-20,29-31,36,39-40,42-44H2,1-7H3,(H2,97,111)(H,101,118)(H,102,120)(H,103,117)(H,104,119)(H,105,124)(H,121,122)(H2,99,100,123)/t46-,47+,54-,56+,70+,72-,74+,75-,76-,77-,78+,79+,81+,82-,84+,85+,91-,94-/m0/s1. The number of phenols is 3. The van der Waals surface area contributed by atoms with Gasteiger partial charge in [0.05, 0.1) is 45.7 Å². The number of aliphatic carboxylic acids is 1. The molecule has 3 fully saturated rings. The van der Waals surface area contributed by atoms with Crippen LogP contribution in [0.1, 0.15) is 226 Å². The summed E-state index contributed by atoms with van der Waals surface area (Å²) < 4.78 is 44.8. The second-order valence-electron chi connectivity index (χ2n) is 35.1. The van der Waals surface area contributed by atoms with E-state index >= 15 is 24.0 Å². The summed E-state index contributed by atoms with van der Waals surface area (Å²) >= 11 is 14.4. The minimum Gasteiger partial charge on any atom is -0.507 e. The van der Waals surface area contributed by atoms with Crippen LogP contribution in [0.2, 0.25) is 10.0 Å². The molecule has 0 spiro atoms. The molecule has 8 heterocycles. The molecule has 37 heteroatoms. The van der Waals surface area contributed by atoms with Gasteiger partial charge in [-0.2, -0.15) is 0 Å². The molecule has 6 aromatic rings. The van der Waals surface area contributed by atoms with Crippen molar-refractivity contribution in [3.05, 3.63) is 146 Å². The first-order valence-corrected chi connectivity index (χ1v) is 45.4. The number of phenolic OH excluding ortho intramolecular Hbond substituents is 3. The molecule has 131 heavy (non-hydrogen) atoms.